The van der Waals surface area contributed by atoms with Gasteiger partial charge in [-0.05, 0) is 6.42 Å². The first kappa shape index (κ1) is 12.7. The molecule has 0 aromatic heterocycles. The van der Waals surface area contributed by atoms with Gasteiger partial charge in [0, 0.05) is 12.5 Å². The Morgan fingerprint density at radius 2 is 2.06 bits per heavy atom. The second kappa shape index (κ2) is 4.18. The van der Waals surface area contributed by atoms with Gasteiger partial charge in [0.15, 0.2) is 0 Å². The summed E-state index contributed by atoms with van der Waals surface area (Å²) < 4.78 is 4.55. The topological polar surface area (TPSA) is 119 Å². The standard InChI is InChI=1S/C10H17NO6/c1-17-9(15)4-3-10(16)6(11-4)2-5(12)7(13)8(10)14/h4-8,11-14,16H,2-3H2,1H3/t4-,5-,6+,7-,8-,10-/m0/s1. The van der Waals surface area contributed by atoms with Crippen molar-refractivity contribution in [1.29, 1.82) is 0 Å². The fourth-order valence-electron chi connectivity index (χ4n) is 2.69. The maximum absolute atomic E-state index is 11.4. The lowest BCUT2D eigenvalue weighted by Gasteiger charge is -2.43. The Hall–Kier alpha value is -0.730. The van der Waals surface area contributed by atoms with E-state index in [1.165, 1.54) is 7.11 Å². The SMILES string of the molecule is COC(=O)[C@@H]1C[C@]2(O)[C@@H](C[C@H](O)[C@H](O)[C@@H]2O)N1. The average Bonchev–Trinajstić information content (AvgIpc) is 2.64. The summed E-state index contributed by atoms with van der Waals surface area (Å²) in [6.07, 6.45) is -4.00. The van der Waals surface area contributed by atoms with E-state index in [9.17, 15) is 25.2 Å². The molecule has 0 unspecified atom stereocenters. The van der Waals surface area contributed by atoms with Gasteiger partial charge < -0.3 is 25.2 Å². The van der Waals surface area contributed by atoms with Gasteiger partial charge in [-0.3, -0.25) is 10.1 Å². The number of esters is 1. The molecule has 98 valence electrons. The molecule has 1 aliphatic carbocycles. The van der Waals surface area contributed by atoms with Gasteiger partial charge in [-0.2, -0.15) is 0 Å². The van der Waals surface area contributed by atoms with Crippen LogP contribution in [0.3, 0.4) is 0 Å². The second-order valence-electron chi connectivity index (χ2n) is 4.73. The molecular weight excluding hydrogens is 230 g/mol. The highest BCUT2D eigenvalue weighted by Gasteiger charge is 2.59. The number of aliphatic hydroxyl groups is 4. The number of methoxy groups -OCH3 is 1. The number of nitrogens with one attached hydrogen (secondary N) is 1. The Kier molecular flexibility index (Phi) is 3.13. The quantitative estimate of drug-likeness (QED) is 0.315. The number of hydrogen-bond acceptors (Lipinski definition) is 7. The fraction of sp³-hybridized carbons (Fsp3) is 0.900. The molecule has 0 aromatic rings. The van der Waals surface area contributed by atoms with Crippen molar-refractivity contribution in [2.45, 2.75) is 48.8 Å². The van der Waals surface area contributed by atoms with Gasteiger partial charge >= 0.3 is 5.97 Å². The lowest BCUT2D eigenvalue weighted by molar-refractivity contribution is -0.187. The number of fused-ring (bicyclic) bond motifs is 1. The molecule has 2 rings (SSSR count). The zero-order valence-corrected chi connectivity index (χ0v) is 9.41. The Balaban J connectivity index is 2.19. The van der Waals surface area contributed by atoms with E-state index in [-0.39, 0.29) is 12.8 Å². The second-order valence-corrected chi connectivity index (χ2v) is 4.73. The smallest absolute Gasteiger partial charge is 0.322 e. The molecule has 17 heavy (non-hydrogen) atoms. The largest absolute Gasteiger partial charge is 0.468 e. The fourth-order valence-corrected chi connectivity index (χ4v) is 2.69. The van der Waals surface area contributed by atoms with Crippen molar-refractivity contribution in [3.8, 4) is 0 Å². The Bertz CT molecular complexity index is 324. The van der Waals surface area contributed by atoms with E-state index in [1.807, 2.05) is 0 Å². The molecule has 1 saturated carbocycles. The summed E-state index contributed by atoms with van der Waals surface area (Å²) in [5, 5.41) is 41.9. The van der Waals surface area contributed by atoms with Crippen molar-refractivity contribution in [3.63, 3.8) is 0 Å². The third-order valence-electron chi connectivity index (χ3n) is 3.73. The highest BCUT2D eigenvalue weighted by atomic mass is 16.5. The molecule has 7 heteroatoms. The predicted octanol–water partition coefficient (Wildman–Crippen LogP) is -2.89. The summed E-state index contributed by atoms with van der Waals surface area (Å²) in [5.41, 5.74) is -1.61. The van der Waals surface area contributed by atoms with E-state index >= 15 is 0 Å². The van der Waals surface area contributed by atoms with E-state index in [2.05, 4.69) is 10.1 Å². The van der Waals surface area contributed by atoms with Crippen molar-refractivity contribution in [3.05, 3.63) is 0 Å². The molecule has 1 heterocycles. The van der Waals surface area contributed by atoms with E-state index in [4.69, 9.17) is 0 Å². The van der Waals surface area contributed by atoms with Crippen LogP contribution in [-0.4, -0.2) is 69.5 Å². The van der Waals surface area contributed by atoms with Crippen LogP contribution in [0.4, 0.5) is 0 Å². The number of carbonyl (C=O) groups is 1. The summed E-state index contributed by atoms with van der Waals surface area (Å²) in [7, 11) is 1.23. The number of rotatable bonds is 1. The van der Waals surface area contributed by atoms with E-state index < -0.39 is 42.0 Å². The molecule has 0 radical (unpaired) electrons. The average molecular weight is 247 g/mol. The van der Waals surface area contributed by atoms with Gasteiger partial charge in [0.05, 0.1) is 13.2 Å². The van der Waals surface area contributed by atoms with Crippen LogP contribution in [0.15, 0.2) is 0 Å². The molecule has 2 aliphatic rings. The highest BCUT2D eigenvalue weighted by Crippen LogP contribution is 2.38. The number of aliphatic hydroxyl groups excluding tert-OH is 3. The maximum Gasteiger partial charge on any atom is 0.322 e. The summed E-state index contributed by atoms with van der Waals surface area (Å²) in [4.78, 5) is 11.4. The zero-order chi connectivity index (χ0) is 12.8. The molecule has 6 atom stereocenters. The summed E-state index contributed by atoms with van der Waals surface area (Å²) >= 11 is 0. The number of hydrogen-bond donors (Lipinski definition) is 5. The van der Waals surface area contributed by atoms with Crippen molar-refractivity contribution < 1.29 is 30.0 Å². The first-order valence-electron chi connectivity index (χ1n) is 5.50. The first-order chi connectivity index (χ1) is 7.90. The first-order valence-corrected chi connectivity index (χ1v) is 5.50. The minimum atomic E-state index is -1.61. The Morgan fingerprint density at radius 3 is 2.65 bits per heavy atom. The highest BCUT2D eigenvalue weighted by molar-refractivity contribution is 5.76. The minimum Gasteiger partial charge on any atom is -0.468 e. The molecule has 1 aliphatic heterocycles. The van der Waals surface area contributed by atoms with Gasteiger partial charge in [-0.25, -0.2) is 0 Å². The minimum absolute atomic E-state index is 0.0463. The lowest BCUT2D eigenvalue weighted by atomic mass is 9.75. The van der Waals surface area contributed by atoms with Gasteiger partial charge in [-0.1, -0.05) is 0 Å². The van der Waals surface area contributed by atoms with Crippen molar-refractivity contribution >= 4 is 5.97 Å². The summed E-state index contributed by atoms with van der Waals surface area (Å²) in [6.45, 7) is 0. The van der Waals surface area contributed by atoms with Crippen molar-refractivity contribution in [1.82, 2.24) is 5.32 Å². The van der Waals surface area contributed by atoms with Crippen LogP contribution in [-0.2, 0) is 9.53 Å². The maximum atomic E-state index is 11.4. The van der Waals surface area contributed by atoms with Crippen molar-refractivity contribution in [2.24, 2.45) is 0 Å². The summed E-state index contributed by atoms with van der Waals surface area (Å²) in [5.74, 6) is -0.538. The zero-order valence-electron chi connectivity index (χ0n) is 9.41. The molecule has 5 N–H and O–H groups in total. The van der Waals surface area contributed by atoms with Crippen LogP contribution in [0, 0.1) is 0 Å². The van der Waals surface area contributed by atoms with Crippen LogP contribution in [0.1, 0.15) is 12.8 Å². The molecule has 0 aromatic carbocycles. The van der Waals surface area contributed by atoms with Crippen LogP contribution in [0.2, 0.25) is 0 Å². The van der Waals surface area contributed by atoms with Crippen LogP contribution in [0.5, 0.6) is 0 Å². The molecule has 7 nitrogen and oxygen atoms in total. The molecule has 0 spiro atoms. The predicted molar refractivity (Wildman–Crippen MR) is 54.9 cm³/mol. The van der Waals surface area contributed by atoms with E-state index in [1.54, 1.807) is 0 Å². The lowest BCUT2D eigenvalue weighted by Crippen LogP contribution is -2.64. The van der Waals surface area contributed by atoms with Gasteiger partial charge in [0.2, 0.25) is 0 Å². The van der Waals surface area contributed by atoms with Gasteiger partial charge in [0.25, 0.3) is 0 Å². The number of ether oxygens (including phenoxy) is 1. The van der Waals surface area contributed by atoms with Gasteiger partial charge in [0.1, 0.15) is 23.9 Å². The molecule has 1 saturated heterocycles. The summed E-state index contributed by atoms with van der Waals surface area (Å²) in [6, 6.07) is -1.37. The van der Waals surface area contributed by atoms with E-state index in [0.29, 0.717) is 0 Å². The van der Waals surface area contributed by atoms with Crippen LogP contribution in [0.25, 0.3) is 0 Å². The Labute approximate surface area is 98.0 Å². The Morgan fingerprint density at radius 1 is 1.41 bits per heavy atom. The van der Waals surface area contributed by atoms with E-state index in [0.717, 1.165) is 0 Å². The molecule has 2 fully saturated rings. The van der Waals surface area contributed by atoms with Crippen LogP contribution < -0.4 is 5.32 Å². The number of carbonyl (C=O) groups excluding carboxylic acids is 1. The molecule has 0 amide bonds. The third kappa shape index (κ3) is 1.84. The third-order valence-corrected chi connectivity index (χ3v) is 3.73. The van der Waals surface area contributed by atoms with Gasteiger partial charge in [-0.15, -0.1) is 0 Å². The van der Waals surface area contributed by atoms with Crippen LogP contribution >= 0.6 is 0 Å². The normalized spacial score (nSPS) is 49.8. The monoisotopic (exact) mass is 247 g/mol. The molecule has 0 bridgehead atoms. The van der Waals surface area contributed by atoms with Crippen molar-refractivity contribution in [2.75, 3.05) is 7.11 Å². The molecular formula is C10H17NO6.